The van der Waals surface area contributed by atoms with E-state index in [9.17, 15) is 13.9 Å². The minimum absolute atomic E-state index is 0.0887. The van der Waals surface area contributed by atoms with Crippen molar-refractivity contribution in [3.63, 3.8) is 0 Å². The molecule has 1 saturated heterocycles. The minimum Gasteiger partial charge on any atom is -0.493 e. The van der Waals surface area contributed by atoms with Crippen LogP contribution >= 0.6 is 0 Å². The van der Waals surface area contributed by atoms with E-state index in [2.05, 4.69) is 24.1 Å². The molecule has 0 radical (unpaired) electrons. The van der Waals surface area contributed by atoms with Crippen molar-refractivity contribution >= 4 is 0 Å². The van der Waals surface area contributed by atoms with E-state index >= 15 is 0 Å². The first kappa shape index (κ1) is 22.3. The number of hydrogen-bond acceptors (Lipinski definition) is 5. The number of likely N-dealkylation sites (N-methyl/N-ethyl adjacent to an activating group) is 1. The fraction of sp³-hybridized carbons (Fsp3) is 0.556. The number of nitrogens with zero attached hydrogens (tertiary/aromatic N) is 2. The summed E-state index contributed by atoms with van der Waals surface area (Å²) in [6.45, 7) is 1.01. The number of alkyl halides is 2. The predicted octanol–water partition coefficient (Wildman–Crippen LogP) is 3.62. The zero-order chi connectivity index (χ0) is 23.7. The Balaban J connectivity index is 1.45. The Labute approximate surface area is 199 Å². The van der Waals surface area contributed by atoms with E-state index in [1.165, 1.54) is 5.56 Å². The van der Waals surface area contributed by atoms with Crippen molar-refractivity contribution in [2.24, 2.45) is 0 Å². The van der Waals surface area contributed by atoms with Crippen LogP contribution in [0.25, 0.3) is 0 Å². The van der Waals surface area contributed by atoms with Gasteiger partial charge in [-0.05, 0) is 56.5 Å². The third kappa shape index (κ3) is 2.93. The van der Waals surface area contributed by atoms with Crippen LogP contribution in [-0.4, -0.2) is 72.4 Å². The summed E-state index contributed by atoms with van der Waals surface area (Å²) in [5, 5.41) is 12.4. The molecule has 0 amide bonds. The zero-order valence-electron chi connectivity index (χ0n) is 19.7. The first-order valence-electron chi connectivity index (χ1n) is 12.2. The second-order valence-electron chi connectivity index (χ2n) is 10.4. The van der Waals surface area contributed by atoms with Crippen LogP contribution in [0, 0.1) is 0 Å². The van der Waals surface area contributed by atoms with Crippen molar-refractivity contribution in [1.29, 1.82) is 0 Å². The summed E-state index contributed by atoms with van der Waals surface area (Å²) in [6.07, 6.45) is -0.220. The van der Waals surface area contributed by atoms with Crippen molar-refractivity contribution in [1.82, 2.24) is 9.80 Å². The number of benzene rings is 2. The Morgan fingerprint density at radius 1 is 1.21 bits per heavy atom. The molecule has 5 nitrogen and oxygen atoms in total. The number of aliphatic hydroxyl groups is 1. The third-order valence-electron chi connectivity index (χ3n) is 8.96. The monoisotopic (exact) mass is 470 g/mol. The normalized spacial score (nSPS) is 33.7. The van der Waals surface area contributed by atoms with Gasteiger partial charge in [-0.25, -0.2) is 8.78 Å². The fourth-order valence-corrected chi connectivity index (χ4v) is 7.59. The van der Waals surface area contributed by atoms with Crippen LogP contribution in [0.2, 0.25) is 0 Å². The largest absolute Gasteiger partial charge is 0.493 e. The SMILES string of the molecule is COc1ccc2c3c1O[C@H]1[C@H](N(C)Cc4ccccc4)CC[C@@]4(O)[C@@H](C2)N(CC(F)F)CC[C@]314. The number of piperidine rings is 1. The Morgan fingerprint density at radius 3 is 2.74 bits per heavy atom. The van der Waals surface area contributed by atoms with E-state index in [4.69, 9.17) is 9.47 Å². The maximum Gasteiger partial charge on any atom is 0.251 e. The van der Waals surface area contributed by atoms with Crippen LogP contribution in [-0.2, 0) is 18.4 Å². The van der Waals surface area contributed by atoms with Crippen molar-refractivity contribution in [3.05, 3.63) is 59.2 Å². The number of methoxy groups -OCH3 is 1. The summed E-state index contributed by atoms with van der Waals surface area (Å²) < 4.78 is 39.4. The Bertz CT molecular complexity index is 1080. The molecule has 1 saturated carbocycles. The summed E-state index contributed by atoms with van der Waals surface area (Å²) in [6, 6.07) is 14.1. The van der Waals surface area contributed by atoms with Gasteiger partial charge in [-0.1, -0.05) is 36.4 Å². The molecule has 7 heteroatoms. The molecule has 2 heterocycles. The summed E-state index contributed by atoms with van der Waals surface area (Å²) >= 11 is 0. The van der Waals surface area contributed by atoms with Crippen LogP contribution < -0.4 is 9.47 Å². The molecule has 2 aromatic carbocycles. The predicted molar refractivity (Wildman–Crippen MR) is 125 cm³/mol. The smallest absolute Gasteiger partial charge is 0.251 e. The van der Waals surface area contributed by atoms with Gasteiger partial charge in [-0.15, -0.1) is 0 Å². The standard InChI is InChI=1S/C27H32F2N2O3/c1-30(15-17-6-4-3-5-7-17)19-10-11-27(32)21-14-18-8-9-20(33-2)24-23(18)26(27,25(19)34-24)12-13-31(21)16-22(28)29/h3-9,19,21-22,25,32H,10-16H2,1-2H3/t19-,21-,25+,26+,27-/m1/s1. The first-order valence-corrected chi connectivity index (χ1v) is 12.2. The lowest BCUT2D eigenvalue weighted by Crippen LogP contribution is -2.78. The molecule has 6 rings (SSSR count). The molecule has 2 bridgehead atoms. The van der Waals surface area contributed by atoms with Gasteiger partial charge >= 0.3 is 0 Å². The molecule has 2 aliphatic heterocycles. The maximum absolute atomic E-state index is 13.5. The van der Waals surface area contributed by atoms with Gasteiger partial charge in [0.15, 0.2) is 11.5 Å². The maximum atomic E-state index is 13.5. The van der Waals surface area contributed by atoms with Gasteiger partial charge in [0.1, 0.15) is 6.10 Å². The highest BCUT2D eigenvalue weighted by Crippen LogP contribution is 2.65. The van der Waals surface area contributed by atoms with Gasteiger partial charge in [-0.2, -0.15) is 0 Å². The van der Waals surface area contributed by atoms with Crippen LogP contribution in [0.1, 0.15) is 36.0 Å². The molecule has 1 N–H and O–H groups in total. The Morgan fingerprint density at radius 2 is 2.00 bits per heavy atom. The van der Waals surface area contributed by atoms with E-state index in [0.717, 1.165) is 29.8 Å². The van der Waals surface area contributed by atoms with Crippen LogP contribution in [0.3, 0.4) is 0 Å². The lowest BCUT2D eigenvalue weighted by Gasteiger charge is -2.64. The first-order chi connectivity index (χ1) is 16.4. The lowest BCUT2D eigenvalue weighted by molar-refractivity contribution is -0.203. The molecule has 0 aromatic heterocycles. The van der Waals surface area contributed by atoms with Crippen LogP contribution in [0.5, 0.6) is 11.5 Å². The topological polar surface area (TPSA) is 45.2 Å². The van der Waals surface area contributed by atoms with E-state index in [-0.39, 0.29) is 24.7 Å². The van der Waals surface area contributed by atoms with Gasteiger partial charge in [-0.3, -0.25) is 9.80 Å². The highest BCUT2D eigenvalue weighted by Gasteiger charge is 2.73. The average Bonchev–Trinajstić information content (AvgIpc) is 3.16. The van der Waals surface area contributed by atoms with E-state index < -0.39 is 17.4 Å². The minimum atomic E-state index is -2.42. The van der Waals surface area contributed by atoms with Crippen molar-refractivity contribution < 1.29 is 23.4 Å². The molecule has 2 aromatic rings. The molecule has 5 atom stereocenters. The number of halogens is 2. The Kier molecular flexibility index (Phi) is 5.17. The molecule has 4 aliphatic rings. The summed E-state index contributed by atoms with van der Waals surface area (Å²) in [4.78, 5) is 4.16. The number of likely N-dealkylation sites (tertiary alicyclic amines) is 1. The molecule has 2 aliphatic carbocycles. The average molecular weight is 471 g/mol. The number of hydrogen-bond donors (Lipinski definition) is 1. The number of ether oxygens (including phenoxy) is 2. The zero-order valence-corrected chi connectivity index (χ0v) is 19.7. The van der Waals surface area contributed by atoms with E-state index in [1.54, 1.807) is 7.11 Å². The van der Waals surface area contributed by atoms with E-state index in [0.29, 0.717) is 31.6 Å². The third-order valence-corrected chi connectivity index (χ3v) is 8.96. The van der Waals surface area contributed by atoms with Crippen molar-refractivity contribution in [2.75, 3.05) is 27.2 Å². The van der Waals surface area contributed by atoms with Gasteiger partial charge in [0.05, 0.1) is 24.7 Å². The highest BCUT2D eigenvalue weighted by atomic mass is 19.3. The molecular weight excluding hydrogens is 438 g/mol. The summed E-state index contributed by atoms with van der Waals surface area (Å²) in [5.41, 5.74) is 1.65. The van der Waals surface area contributed by atoms with Gasteiger partial charge < -0.3 is 14.6 Å². The van der Waals surface area contributed by atoms with Crippen molar-refractivity contribution in [3.8, 4) is 11.5 Å². The lowest BCUT2D eigenvalue weighted by atomic mass is 9.48. The molecular formula is C27H32F2N2O3. The fourth-order valence-electron chi connectivity index (χ4n) is 7.59. The van der Waals surface area contributed by atoms with Gasteiger partial charge in [0, 0.05) is 24.2 Å². The van der Waals surface area contributed by atoms with Crippen LogP contribution in [0.15, 0.2) is 42.5 Å². The second-order valence-corrected chi connectivity index (χ2v) is 10.4. The molecule has 1 spiro atoms. The molecule has 34 heavy (non-hydrogen) atoms. The van der Waals surface area contributed by atoms with Gasteiger partial charge in [0.2, 0.25) is 0 Å². The number of rotatable bonds is 6. The Hall–Kier alpha value is -2.22. The second kappa shape index (κ2) is 7.90. The quantitative estimate of drug-likeness (QED) is 0.699. The highest BCUT2D eigenvalue weighted by molar-refractivity contribution is 5.63. The van der Waals surface area contributed by atoms with Gasteiger partial charge in [0.25, 0.3) is 6.43 Å². The van der Waals surface area contributed by atoms with Crippen molar-refractivity contribution in [2.45, 2.75) is 67.9 Å². The summed E-state index contributed by atoms with van der Waals surface area (Å²) in [7, 11) is 3.76. The summed E-state index contributed by atoms with van der Waals surface area (Å²) in [5.74, 6) is 1.42. The van der Waals surface area contributed by atoms with Crippen LogP contribution in [0.4, 0.5) is 8.78 Å². The van der Waals surface area contributed by atoms with E-state index in [1.807, 2.05) is 35.2 Å². The molecule has 2 fully saturated rings. The molecule has 182 valence electrons. The molecule has 0 unspecified atom stereocenters.